The third-order valence-electron chi connectivity index (χ3n) is 3.50. The van der Waals surface area contributed by atoms with Gasteiger partial charge in [0.1, 0.15) is 0 Å². The van der Waals surface area contributed by atoms with E-state index in [0.717, 1.165) is 38.8 Å². The van der Waals surface area contributed by atoms with Crippen molar-refractivity contribution in [1.82, 2.24) is 9.80 Å². The van der Waals surface area contributed by atoms with Gasteiger partial charge in [0.25, 0.3) is 0 Å². The first kappa shape index (κ1) is 11.7. The number of piperidine rings is 1. The number of ether oxygens (including phenoxy) is 1. The average molecular weight is 226 g/mol. The molecule has 0 aromatic rings. The number of rotatable bonds is 3. The lowest BCUT2D eigenvalue weighted by Gasteiger charge is -2.36. The largest absolute Gasteiger partial charge is 0.450 e. The van der Waals surface area contributed by atoms with E-state index in [0.29, 0.717) is 18.7 Å². The zero-order valence-corrected chi connectivity index (χ0v) is 10.3. The van der Waals surface area contributed by atoms with E-state index in [1.165, 1.54) is 0 Å². The molecule has 16 heavy (non-hydrogen) atoms. The molecule has 4 nitrogen and oxygen atoms in total. The van der Waals surface area contributed by atoms with Gasteiger partial charge >= 0.3 is 6.09 Å². The van der Waals surface area contributed by atoms with Gasteiger partial charge in [0.2, 0.25) is 0 Å². The Hall–Kier alpha value is -0.770. The van der Waals surface area contributed by atoms with Gasteiger partial charge in [0, 0.05) is 12.1 Å². The standard InChI is InChI=1S/C12H22N2O2/c1-3-16-12(15)14(10-4-5-10)11-6-8-13(2)9-7-11/h10-11H,3-9H2,1-2H3. The maximum atomic E-state index is 11.9. The highest BCUT2D eigenvalue weighted by molar-refractivity contribution is 5.69. The molecule has 0 N–H and O–H groups in total. The lowest BCUT2D eigenvalue weighted by Crippen LogP contribution is -2.47. The summed E-state index contributed by atoms with van der Waals surface area (Å²) in [6.45, 7) is 4.53. The van der Waals surface area contributed by atoms with Gasteiger partial charge in [-0.3, -0.25) is 0 Å². The Kier molecular flexibility index (Phi) is 3.69. The third kappa shape index (κ3) is 2.67. The molecule has 0 atom stereocenters. The average Bonchev–Trinajstić information content (AvgIpc) is 3.06. The lowest BCUT2D eigenvalue weighted by molar-refractivity contribution is 0.0679. The van der Waals surface area contributed by atoms with Gasteiger partial charge in [-0.2, -0.15) is 0 Å². The Morgan fingerprint density at radius 1 is 1.25 bits per heavy atom. The smallest absolute Gasteiger partial charge is 0.410 e. The first-order valence-electron chi connectivity index (χ1n) is 6.36. The zero-order chi connectivity index (χ0) is 11.5. The molecular weight excluding hydrogens is 204 g/mol. The second-order valence-electron chi connectivity index (χ2n) is 4.87. The summed E-state index contributed by atoms with van der Waals surface area (Å²) < 4.78 is 5.16. The molecule has 1 saturated heterocycles. The van der Waals surface area contributed by atoms with Gasteiger partial charge in [-0.25, -0.2) is 4.79 Å². The molecule has 1 heterocycles. The van der Waals surface area contributed by atoms with E-state index >= 15 is 0 Å². The van der Waals surface area contributed by atoms with E-state index < -0.39 is 0 Å². The fraction of sp³-hybridized carbons (Fsp3) is 0.917. The van der Waals surface area contributed by atoms with E-state index in [1.807, 2.05) is 11.8 Å². The number of likely N-dealkylation sites (tertiary alicyclic amines) is 1. The topological polar surface area (TPSA) is 32.8 Å². The molecule has 1 aliphatic carbocycles. The first-order chi connectivity index (χ1) is 7.72. The number of nitrogens with zero attached hydrogens (tertiary/aromatic N) is 2. The van der Waals surface area contributed by atoms with Crippen LogP contribution in [0, 0.1) is 0 Å². The highest BCUT2D eigenvalue weighted by Gasteiger charge is 2.39. The molecular formula is C12H22N2O2. The summed E-state index contributed by atoms with van der Waals surface area (Å²) >= 11 is 0. The first-order valence-corrected chi connectivity index (χ1v) is 6.36. The molecule has 0 aromatic heterocycles. The van der Waals surface area contributed by atoms with Gasteiger partial charge in [0.05, 0.1) is 6.61 Å². The minimum Gasteiger partial charge on any atom is -0.450 e. The van der Waals surface area contributed by atoms with Gasteiger partial charge in [0.15, 0.2) is 0 Å². The predicted molar refractivity (Wildman–Crippen MR) is 62.4 cm³/mol. The fourth-order valence-electron chi connectivity index (χ4n) is 2.42. The van der Waals surface area contributed by atoms with Crippen LogP contribution >= 0.6 is 0 Å². The van der Waals surface area contributed by atoms with Crippen LogP contribution in [0.1, 0.15) is 32.6 Å². The second-order valence-corrected chi connectivity index (χ2v) is 4.87. The van der Waals surface area contributed by atoms with E-state index in [9.17, 15) is 4.79 Å². The van der Waals surface area contributed by atoms with Gasteiger partial charge in [-0.1, -0.05) is 0 Å². The molecule has 2 rings (SSSR count). The summed E-state index contributed by atoms with van der Waals surface area (Å²) in [5, 5.41) is 0. The highest BCUT2D eigenvalue weighted by Crippen LogP contribution is 2.32. The molecule has 0 aromatic carbocycles. The van der Waals surface area contributed by atoms with Gasteiger partial charge < -0.3 is 14.5 Å². The molecule has 4 heteroatoms. The molecule has 0 spiro atoms. The second kappa shape index (κ2) is 5.04. The number of amides is 1. The Bertz CT molecular complexity index is 245. The summed E-state index contributed by atoms with van der Waals surface area (Å²) in [5.41, 5.74) is 0. The monoisotopic (exact) mass is 226 g/mol. The summed E-state index contributed by atoms with van der Waals surface area (Å²) in [4.78, 5) is 16.2. The van der Waals surface area contributed by atoms with E-state index in [4.69, 9.17) is 4.74 Å². The van der Waals surface area contributed by atoms with Crippen LogP contribution in [0.3, 0.4) is 0 Å². The molecule has 92 valence electrons. The highest BCUT2D eigenvalue weighted by atomic mass is 16.6. The minimum absolute atomic E-state index is 0.0976. The van der Waals surface area contributed by atoms with Crippen molar-refractivity contribution in [3.05, 3.63) is 0 Å². The van der Waals surface area contributed by atoms with Crippen LogP contribution in [0.25, 0.3) is 0 Å². The van der Waals surface area contributed by atoms with E-state index in [2.05, 4.69) is 11.9 Å². The predicted octanol–water partition coefficient (Wildman–Crippen LogP) is 1.70. The van der Waals surface area contributed by atoms with Crippen molar-refractivity contribution in [2.24, 2.45) is 0 Å². The van der Waals surface area contributed by atoms with Crippen molar-refractivity contribution >= 4 is 6.09 Å². The summed E-state index contributed by atoms with van der Waals surface area (Å²) in [6.07, 6.45) is 4.40. The number of carbonyl (C=O) groups excluding carboxylic acids is 1. The van der Waals surface area contributed by atoms with Crippen molar-refractivity contribution in [3.63, 3.8) is 0 Å². The molecule has 0 radical (unpaired) electrons. The normalized spacial score (nSPS) is 23.1. The maximum absolute atomic E-state index is 11.9. The number of hydrogen-bond donors (Lipinski definition) is 0. The Balaban J connectivity index is 1.93. The maximum Gasteiger partial charge on any atom is 0.410 e. The summed E-state index contributed by atoms with van der Waals surface area (Å²) in [6, 6.07) is 0.871. The lowest BCUT2D eigenvalue weighted by atomic mass is 10.0. The summed E-state index contributed by atoms with van der Waals surface area (Å²) in [7, 11) is 2.14. The number of hydrogen-bond acceptors (Lipinski definition) is 3. The molecule has 0 unspecified atom stereocenters. The third-order valence-corrected chi connectivity index (χ3v) is 3.50. The van der Waals surface area contributed by atoms with Crippen LogP contribution in [0.2, 0.25) is 0 Å². The van der Waals surface area contributed by atoms with Crippen LogP contribution < -0.4 is 0 Å². The minimum atomic E-state index is -0.0976. The van der Waals surface area contributed by atoms with Crippen molar-refractivity contribution in [3.8, 4) is 0 Å². The van der Waals surface area contributed by atoms with E-state index in [1.54, 1.807) is 0 Å². The Morgan fingerprint density at radius 3 is 2.31 bits per heavy atom. The molecule has 1 saturated carbocycles. The Labute approximate surface area is 97.5 Å². The SMILES string of the molecule is CCOC(=O)N(C1CC1)C1CCN(C)CC1. The van der Waals surface area contributed by atoms with Crippen LogP contribution in [-0.4, -0.2) is 54.7 Å². The molecule has 1 amide bonds. The summed E-state index contributed by atoms with van der Waals surface area (Å²) in [5.74, 6) is 0. The molecule has 2 fully saturated rings. The molecule has 1 aliphatic heterocycles. The number of carbonyl (C=O) groups is 1. The molecule has 2 aliphatic rings. The van der Waals surface area contributed by atoms with Crippen LogP contribution in [-0.2, 0) is 4.74 Å². The van der Waals surface area contributed by atoms with E-state index in [-0.39, 0.29) is 6.09 Å². The van der Waals surface area contributed by atoms with Gasteiger partial charge in [-0.15, -0.1) is 0 Å². The van der Waals surface area contributed by atoms with Gasteiger partial charge in [-0.05, 0) is 52.7 Å². The molecule has 0 bridgehead atoms. The van der Waals surface area contributed by atoms with Crippen molar-refractivity contribution in [2.75, 3.05) is 26.7 Å². The Morgan fingerprint density at radius 2 is 1.81 bits per heavy atom. The van der Waals surface area contributed by atoms with Crippen LogP contribution in [0.4, 0.5) is 4.79 Å². The quantitative estimate of drug-likeness (QED) is 0.734. The van der Waals surface area contributed by atoms with Crippen molar-refractivity contribution < 1.29 is 9.53 Å². The fourth-order valence-corrected chi connectivity index (χ4v) is 2.42. The van der Waals surface area contributed by atoms with Crippen LogP contribution in [0.5, 0.6) is 0 Å². The van der Waals surface area contributed by atoms with Crippen LogP contribution in [0.15, 0.2) is 0 Å². The zero-order valence-electron chi connectivity index (χ0n) is 10.3. The van der Waals surface area contributed by atoms with Crippen molar-refractivity contribution in [2.45, 2.75) is 44.7 Å². The van der Waals surface area contributed by atoms with Crippen molar-refractivity contribution in [1.29, 1.82) is 0 Å².